The number of halogens is 2. The molecule has 1 N–H and O–H groups in total. The zero-order valence-corrected chi connectivity index (χ0v) is 8.74. The van der Waals surface area contributed by atoms with E-state index in [1.54, 1.807) is 0 Å². The molecule has 0 saturated carbocycles. The van der Waals surface area contributed by atoms with Crippen LogP contribution in [0.2, 0.25) is 0 Å². The van der Waals surface area contributed by atoms with E-state index in [1.165, 1.54) is 13.0 Å². The van der Waals surface area contributed by atoms with Crippen molar-refractivity contribution in [2.75, 3.05) is 5.32 Å². The summed E-state index contributed by atoms with van der Waals surface area (Å²) in [5.41, 5.74) is 0.773. The molecule has 5 heteroatoms. The van der Waals surface area contributed by atoms with Gasteiger partial charge in [-0.1, -0.05) is 0 Å². The van der Waals surface area contributed by atoms with Gasteiger partial charge in [0, 0.05) is 5.56 Å². The van der Waals surface area contributed by atoms with E-state index in [9.17, 15) is 14.0 Å². The third kappa shape index (κ3) is 1.09. The van der Waals surface area contributed by atoms with Gasteiger partial charge in [-0.2, -0.15) is 0 Å². The first-order valence-electron chi connectivity index (χ1n) is 3.86. The van der Waals surface area contributed by atoms with E-state index in [4.69, 9.17) is 0 Å². The average molecular weight is 258 g/mol. The summed E-state index contributed by atoms with van der Waals surface area (Å²) in [4.78, 5) is 22.3. The number of amides is 1. The predicted molar refractivity (Wildman–Crippen MR) is 51.8 cm³/mol. The minimum absolute atomic E-state index is 0.193. The third-order valence-electron chi connectivity index (χ3n) is 2.14. The maximum atomic E-state index is 13.3. The molecule has 0 atom stereocenters. The second kappa shape index (κ2) is 2.88. The molecule has 14 heavy (non-hydrogen) atoms. The molecule has 1 aromatic carbocycles. The first kappa shape index (κ1) is 9.33. The second-order valence-electron chi connectivity index (χ2n) is 3.00. The third-order valence-corrected chi connectivity index (χ3v) is 2.72. The average Bonchev–Trinajstić information content (AvgIpc) is 2.42. The molecule has 0 aliphatic carbocycles. The van der Waals surface area contributed by atoms with Gasteiger partial charge in [0.2, 0.25) is 0 Å². The molecule has 0 saturated heterocycles. The van der Waals surface area contributed by atoms with Crippen molar-refractivity contribution in [3.05, 3.63) is 27.5 Å². The molecule has 1 aliphatic rings. The number of rotatable bonds is 0. The molecule has 1 amide bonds. The molecule has 0 fully saturated rings. The zero-order valence-electron chi connectivity index (χ0n) is 7.15. The molecule has 0 radical (unpaired) electrons. The Kier molecular flexibility index (Phi) is 1.92. The van der Waals surface area contributed by atoms with Crippen LogP contribution in [0.3, 0.4) is 0 Å². The van der Waals surface area contributed by atoms with Gasteiger partial charge in [0.1, 0.15) is 5.82 Å². The van der Waals surface area contributed by atoms with Crippen molar-refractivity contribution < 1.29 is 14.0 Å². The molecule has 1 heterocycles. The van der Waals surface area contributed by atoms with Gasteiger partial charge in [-0.25, -0.2) is 4.39 Å². The summed E-state index contributed by atoms with van der Waals surface area (Å²) >= 11 is 2.98. The molecule has 2 rings (SSSR count). The summed E-state index contributed by atoms with van der Waals surface area (Å²) in [6.45, 7) is 1.51. The van der Waals surface area contributed by atoms with Crippen LogP contribution in [0.15, 0.2) is 10.5 Å². The van der Waals surface area contributed by atoms with Gasteiger partial charge in [0.15, 0.2) is 0 Å². The lowest BCUT2D eigenvalue weighted by atomic mass is 10.1. The van der Waals surface area contributed by atoms with Crippen molar-refractivity contribution >= 4 is 33.3 Å². The maximum absolute atomic E-state index is 13.3. The van der Waals surface area contributed by atoms with Crippen molar-refractivity contribution in [3.8, 4) is 0 Å². The molecular formula is C9H5BrFNO2. The first-order valence-corrected chi connectivity index (χ1v) is 4.66. The Morgan fingerprint density at radius 1 is 1.43 bits per heavy atom. The summed E-state index contributed by atoms with van der Waals surface area (Å²) in [6, 6.07) is 1.32. The van der Waals surface area contributed by atoms with Gasteiger partial charge in [0.25, 0.3) is 11.7 Å². The Hall–Kier alpha value is -1.23. The summed E-state index contributed by atoms with van der Waals surface area (Å²) < 4.78 is 13.5. The minimum atomic E-state index is -0.708. The molecule has 0 bridgehead atoms. The quantitative estimate of drug-likeness (QED) is 0.723. The standard InChI is InChI=1S/C9H5BrFNO2/c1-3-6(11)5(10)2-4-7(3)12-9(14)8(4)13/h2H,1H3,(H,12,13,14). The van der Waals surface area contributed by atoms with Crippen LogP contribution in [-0.4, -0.2) is 11.7 Å². The summed E-state index contributed by atoms with van der Waals surface area (Å²) in [7, 11) is 0. The molecule has 0 unspecified atom stereocenters. The topological polar surface area (TPSA) is 46.2 Å². The molecule has 3 nitrogen and oxygen atoms in total. The SMILES string of the molecule is Cc1c(F)c(Br)cc2c1NC(=O)C2=O. The Balaban J connectivity index is 2.76. The Morgan fingerprint density at radius 3 is 2.71 bits per heavy atom. The van der Waals surface area contributed by atoms with Crippen molar-refractivity contribution in [2.24, 2.45) is 0 Å². The highest BCUT2D eigenvalue weighted by molar-refractivity contribution is 9.10. The molecule has 0 aromatic heterocycles. The van der Waals surface area contributed by atoms with Crippen molar-refractivity contribution in [2.45, 2.75) is 6.92 Å². The number of carbonyl (C=O) groups excluding carboxylic acids is 2. The van der Waals surface area contributed by atoms with Crippen LogP contribution < -0.4 is 5.32 Å². The van der Waals surface area contributed by atoms with Gasteiger partial charge in [-0.15, -0.1) is 0 Å². The Labute approximate surface area is 87.4 Å². The van der Waals surface area contributed by atoms with E-state index < -0.39 is 17.5 Å². The van der Waals surface area contributed by atoms with Crippen molar-refractivity contribution in [1.82, 2.24) is 0 Å². The van der Waals surface area contributed by atoms with Gasteiger partial charge in [-0.3, -0.25) is 9.59 Å². The largest absolute Gasteiger partial charge is 0.318 e. The fourth-order valence-electron chi connectivity index (χ4n) is 1.39. The van der Waals surface area contributed by atoms with Gasteiger partial charge in [0.05, 0.1) is 15.7 Å². The van der Waals surface area contributed by atoms with E-state index >= 15 is 0 Å². The predicted octanol–water partition coefficient (Wildman–Crippen LogP) is 2.03. The van der Waals surface area contributed by atoms with Crippen LogP contribution in [0.5, 0.6) is 0 Å². The number of ketones is 1. The van der Waals surface area contributed by atoms with E-state index in [0.717, 1.165) is 0 Å². The molecule has 1 aliphatic heterocycles. The maximum Gasteiger partial charge on any atom is 0.296 e. The Bertz CT molecular complexity index is 470. The number of benzene rings is 1. The highest BCUT2D eigenvalue weighted by atomic mass is 79.9. The van der Waals surface area contributed by atoms with Gasteiger partial charge < -0.3 is 5.32 Å². The summed E-state index contributed by atoms with van der Waals surface area (Å²) in [5, 5.41) is 2.33. The Morgan fingerprint density at radius 2 is 2.07 bits per heavy atom. The lowest BCUT2D eigenvalue weighted by Gasteiger charge is -2.04. The van der Waals surface area contributed by atoms with E-state index in [2.05, 4.69) is 21.2 Å². The molecule has 72 valence electrons. The number of hydrogen-bond acceptors (Lipinski definition) is 2. The van der Waals surface area contributed by atoms with E-state index in [-0.39, 0.29) is 21.3 Å². The van der Waals surface area contributed by atoms with Crippen LogP contribution >= 0.6 is 15.9 Å². The highest BCUT2D eigenvalue weighted by Crippen LogP contribution is 2.33. The van der Waals surface area contributed by atoms with Crippen LogP contribution in [-0.2, 0) is 4.79 Å². The number of carbonyl (C=O) groups is 2. The smallest absolute Gasteiger partial charge is 0.296 e. The normalized spacial score (nSPS) is 14.2. The fourth-order valence-corrected chi connectivity index (χ4v) is 1.91. The van der Waals surface area contributed by atoms with E-state index in [1.807, 2.05) is 0 Å². The first-order chi connectivity index (χ1) is 6.52. The number of nitrogens with one attached hydrogen (secondary N) is 1. The van der Waals surface area contributed by atoms with Crippen molar-refractivity contribution in [1.29, 1.82) is 0 Å². The molecular weight excluding hydrogens is 253 g/mol. The van der Waals surface area contributed by atoms with Gasteiger partial charge in [-0.05, 0) is 28.9 Å². The second-order valence-corrected chi connectivity index (χ2v) is 3.86. The van der Waals surface area contributed by atoms with Crippen LogP contribution in [0.1, 0.15) is 15.9 Å². The van der Waals surface area contributed by atoms with Gasteiger partial charge >= 0.3 is 0 Å². The van der Waals surface area contributed by atoms with Crippen LogP contribution in [0.4, 0.5) is 10.1 Å². The fraction of sp³-hybridized carbons (Fsp3) is 0.111. The van der Waals surface area contributed by atoms with E-state index in [0.29, 0.717) is 0 Å². The summed E-state index contributed by atoms with van der Waals surface area (Å²) in [6.07, 6.45) is 0. The van der Waals surface area contributed by atoms with Crippen LogP contribution in [0.25, 0.3) is 0 Å². The lowest BCUT2D eigenvalue weighted by Crippen LogP contribution is -2.12. The lowest BCUT2D eigenvalue weighted by molar-refractivity contribution is -0.112. The number of Topliss-reactive ketones (excluding diaryl/α,β-unsaturated/α-hetero) is 1. The number of fused-ring (bicyclic) bond motifs is 1. The number of hydrogen-bond donors (Lipinski definition) is 1. The number of anilines is 1. The molecule has 1 aromatic rings. The van der Waals surface area contributed by atoms with Crippen molar-refractivity contribution in [3.63, 3.8) is 0 Å². The monoisotopic (exact) mass is 257 g/mol. The minimum Gasteiger partial charge on any atom is -0.318 e. The zero-order chi connectivity index (χ0) is 10.5. The van der Waals surface area contributed by atoms with Crippen LogP contribution in [0, 0.1) is 12.7 Å². The summed E-state index contributed by atoms with van der Waals surface area (Å²) in [5.74, 6) is -1.79. The highest BCUT2D eigenvalue weighted by Gasteiger charge is 2.31. The molecule has 0 spiro atoms.